The van der Waals surface area contributed by atoms with Crippen molar-refractivity contribution in [2.75, 3.05) is 18.0 Å². The number of rotatable bonds is 2. The first-order chi connectivity index (χ1) is 11.7. The van der Waals surface area contributed by atoms with Crippen molar-refractivity contribution >= 4 is 38.2 Å². The van der Waals surface area contributed by atoms with Crippen molar-refractivity contribution in [3.05, 3.63) is 40.3 Å². The summed E-state index contributed by atoms with van der Waals surface area (Å²) >= 11 is 3.64. The highest BCUT2D eigenvalue weighted by molar-refractivity contribution is 9.10. The van der Waals surface area contributed by atoms with Crippen LogP contribution in [-0.4, -0.2) is 38.1 Å². The fourth-order valence-electron chi connectivity index (χ4n) is 3.46. The van der Waals surface area contributed by atoms with E-state index < -0.39 is 0 Å². The molecule has 1 aliphatic rings. The van der Waals surface area contributed by atoms with Crippen molar-refractivity contribution in [2.24, 2.45) is 7.05 Å². The van der Waals surface area contributed by atoms with Gasteiger partial charge in [0.05, 0.1) is 24.0 Å². The quantitative estimate of drug-likeness (QED) is 0.686. The molecule has 24 heavy (non-hydrogen) atoms. The maximum absolute atomic E-state index is 7.61. The third kappa shape index (κ3) is 2.36. The standard InChI is InChI=1S/C16H16BrN7/c1-18-14-13-11(8-19-21-13)7-12(17)15(14)24-5-3-10(4-6-24)16-22-20-9-23(16)2/h7-10H,3-6H2,2H3,(H,19,21). The topological polar surface area (TPSA) is 67.0 Å². The number of nitrogens with one attached hydrogen (secondary N) is 1. The van der Waals surface area contributed by atoms with Crippen molar-refractivity contribution in [3.8, 4) is 0 Å². The predicted octanol–water partition coefficient (Wildman–Crippen LogP) is 3.39. The molecule has 0 bridgehead atoms. The molecule has 122 valence electrons. The lowest BCUT2D eigenvalue weighted by atomic mass is 9.95. The van der Waals surface area contributed by atoms with E-state index in [1.165, 1.54) is 0 Å². The average Bonchev–Trinajstić information content (AvgIpc) is 3.22. The Labute approximate surface area is 147 Å². The van der Waals surface area contributed by atoms with Gasteiger partial charge in [0.1, 0.15) is 12.2 Å². The molecule has 0 unspecified atom stereocenters. The second-order valence-corrected chi connectivity index (χ2v) is 6.92. The molecule has 0 atom stereocenters. The monoisotopic (exact) mass is 385 g/mol. The molecule has 7 nitrogen and oxygen atoms in total. The molecule has 0 amide bonds. The van der Waals surface area contributed by atoms with Gasteiger partial charge in [-0.2, -0.15) is 5.10 Å². The van der Waals surface area contributed by atoms with Crippen LogP contribution in [0.1, 0.15) is 24.6 Å². The number of nitrogens with zero attached hydrogens (tertiary/aromatic N) is 6. The Morgan fingerprint density at radius 3 is 2.83 bits per heavy atom. The highest BCUT2D eigenvalue weighted by Gasteiger charge is 2.27. The third-order valence-corrected chi connectivity index (χ3v) is 5.28. The van der Waals surface area contributed by atoms with Crippen molar-refractivity contribution in [2.45, 2.75) is 18.8 Å². The molecule has 1 aromatic carbocycles. The first kappa shape index (κ1) is 15.1. The summed E-state index contributed by atoms with van der Waals surface area (Å²) in [6.07, 6.45) is 5.50. The summed E-state index contributed by atoms with van der Waals surface area (Å²) in [6.45, 7) is 9.38. The Balaban J connectivity index is 1.64. The molecule has 2 aromatic heterocycles. The Morgan fingerprint density at radius 1 is 1.38 bits per heavy atom. The molecule has 0 aliphatic carbocycles. The van der Waals surface area contributed by atoms with Crippen LogP contribution in [0.4, 0.5) is 11.4 Å². The number of fused-ring (bicyclic) bond motifs is 1. The first-order valence-electron chi connectivity index (χ1n) is 7.81. The summed E-state index contributed by atoms with van der Waals surface area (Å²) in [5.74, 6) is 1.46. The van der Waals surface area contributed by atoms with Crippen LogP contribution in [0.2, 0.25) is 0 Å². The van der Waals surface area contributed by atoms with Crippen LogP contribution < -0.4 is 4.90 Å². The number of hydrogen-bond acceptors (Lipinski definition) is 4. The van der Waals surface area contributed by atoms with Gasteiger partial charge in [-0.25, -0.2) is 4.85 Å². The minimum absolute atomic E-state index is 0.416. The van der Waals surface area contributed by atoms with Crippen LogP contribution in [0.5, 0.6) is 0 Å². The number of benzene rings is 1. The maximum Gasteiger partial charge on any atom is 0.235 e. The van der Waals surface area contributed by atoms with Gasteiger partial charge in [-0.15, -0.1) is 10.2 Å². The number of aryl methyl sites for hydroxylation is 1. The summed E-state index contributed by atoms with van der Waals surface area (Å²) in [4.78, 5) is 6.05. The van der Waals surface area contributed by atoms with E-state index in [0.717, 1.165) is 52.8 Å². The number of aromatic nitrogens is 5. The lowest BCUT2D eigenvalue weighted by Crippen LogP contribution is -2.33. The van der Waals surface area contributed by atoms with Gasteiger partial charge in [-0.3, -0.25) is 5.10 Å². The lowest BCUT2D eigenvalue weighted by molar-refractivity contribution is 0.474. The first-order valence-corrected chi connectivity index (χ1v) is 8.60. The van der Waals surface area contributed by atoms with Crippen LogP contribution >= 0.6 is 15.9 Å². The van der Waals surface area contributed by atoms with Gasteiger partial charge >= 0.3 is 0 Å². The smallest absolute Gasteiger partial charge is 0.235 e. The molecule has 4 rings (SSSR count). The molecule has 1 aliphatic heterocycles. The van der Waals surface area contributed by atoms with E-state index in [2.05, 4.69) is 46.1 Å². The van der Waals surface area contributed by atoms with E-state index in [9.17, 15) is 0 Å². The second kappa shape index (κ2) is 5.91. The molecule has 0 radical (unpaired) electrons. The minimum atomic E-state index is 0.416. The normalized spacial score (nSPS) is 15.8. The summed E-state index contributed by atoms with van der Waals surface area (Å²) in [5.41, 5.74) is 2.39. The number of H-pyrrole nitrogens is 1. The van der Waals surface area contributed by atoms with Crippen LogP contribution in [0.25, 0.3) is 15.7 Å². The fraction of sp³-hybridized carbons (Fsp3) is 0.375. The van der Waals surface area contributed by atoms with Gasteiger partial charge in [0.25, 0.3) is 0 Å². The zero-order valence-electron chi connectivity index (χ0n) is 13.2. The minimum Gasteiger partial charge on any atom is -0.379 e. The highest BCUT2D eigenvalue weighted by Crippen LogP contribution is 2.43. The summed E-state index contributed by atoms with van der Waals surface area (Å²) in [6, 6.07) is 2.03. The molecule has 8 heteroatoms. The van der Waals surface area contributed by atoms with Gasteiger partial charge < -0.3 is 9.47 Å². The second-order valence-electron chi connectivity index (χ2n) is 6.06. The average molecular weight is 386 g/mol. The Morgan fingerprint density at radius 2 is 2.17 bits per heavy atom. The summed E-state index contributed by atoms with van der Waals surface area (Å²) in [7, 11) is 1.99. The van der Waals surface area contributed by atoms with Gasteiger partial charge in [0, 0.05) is 35.9 Å². The molecule has 0 spiro atoms. The lowest BCUT2D eigenvalue weighted by Gasteiger charge is -2.34. The van der Waals surface area contributed by atoms with Crippen LogP contribution in [0.15, 0.2) is 23.1 Å². The molecule has 0 saturated carbocycles. The summed E-state index contributed by atoms with van der Waals surface area (Å²) in [5, 5.41) is 16.2. The molecule has 3 aromatic rings. The number of piperidine rings is 1. The van der Waals surface area contributed by atoms with Gasteiger partial charge in [0.2, 0.25) is 5.69 Å². The largest absolute Gasteiger partial charge is 0.379 e. The number of halogens is 1. The number of anilines is 1. The van der Waals surface area contributed by atoms with Gasteiger partial charge in [-0.05, 0) is 18.9 Å². The Bertz CT molecular complexity index is 928. The SMILES string of the molecule is [C-]#[N+]c1c(N2CCC(c3nncn3C)CC2)c(Br)cc2cn[nH]c12. The third-order valence-electron chi connectivity index (χ3n) is 4.67. The molecular weight excluding hydrogens is 370 g/mol. The van der Waals surface area contributed by atoms with Crippen molar-refractivity contribution in [1.29, 1.82) is 0 Å². The molecule has 1 saturated heterocycles. The van der Waals surface area contributed by atoms with Gasteiger partial charge in [-0.1, -0.05) is 15.9 Å². The molecule has 3 heterocycles. The van der Waals surface area contributed by atoms with E-state index in [1.54, 1.807) is 12.5 Å². The summed E-state index contributed by atoms with van der Waals surface area (Å²) < 4.78 is 2.94. The van der Waals surface area contributed by atoms with Crippen molar-refractivity contribution in [3.63, 3.8) is 0 Å². The van der Waals surface area contributed by atoms with Crippen molar-refractivity contribution < 1.29 is 0 Å². The predicted molar refractivity (Wildman–Crippen MR) is 95.2 cm³/mol. The Kier molecular flexibility index (Phi) is 3.73. The Hall–Kier alpha value is -2.40. The van der Waals surface area contributed by atoms with E-state index >= 15 is 0 Å². The molecular formula is C16H16BrN7. The highest BCUT2D eigenvalue weighted by atomic mass is 79.9. The fourth-order valence-corrected chi connectivity index (χ4v) is 4.15. The van der Waals surface area contributed by atoms with E-state index in [1.807, 2.05) is 17.7 Å². The van der Waals surface area contributed by atoms with E-state index in [4.69, 9.17) is 6.57 Å². The van der Waals surface area contributed by atoms with Crippen LogP contribution in [0, 0.1) is 6.57 Å². The zero-order valence-corrected chi connectivity index (χ0v) is 14.8. The number of hydrogen-bond donors (Lipinski definition) is 1. The van der Waals surface area contributed by atoms with Gasteiger partial charge in [0.15, 0.2) is 0 Å². The number of aromatic amines is 1. The zero-order chi connectivity index (χ0) is 16.7. The molecule has 1 N–H and O–H groups in total. The van der Waals surface area contributed by atoms with E-state index in [-0.39, 0.29) is 0 Å². The van der Waals surface area contributed by atoms with Crippen LogP contribution in [-0.2, 0) is 7.05 Å². The maximum atomic E-state index is 7.61. The van der Waals surface area contributed by atoms with Crippen molar-refractivity contribution in [1.82, 2.24) is 25.0 Å². The van der Waals surface area contributed by atoms with E-state index in [0.29, 0.717) is 11.6 Å². The van der Waals surface area contributed by atoms with Crippen LogP contribution in [0.3, 0.4) is 0 Å². The molecule has 1 fully saturated rings.